The van der Waals surface area contributed by atoms with Crippen molar-refractivity contribution in [2.75, 3.05) is 28.7 Å². The van der Waals surface area contributed by atoms with E-state index in [9.17, 15) is 28.3 Å². The molecule has 1 fully saturated rings. The number of nitrogens with zero attached hydrogens (tertiary/aromatic N) is 4. The van der Waals surface area contributed by atoms with Crippen molar-refractivity contribution < 1.29 is 37.4 Å². The van der Waals surface area contributed by atoms with E-state index in [0.717, 1.165) is 23.2 Å². The van der Waals surface area contributed by atoms with Crippen LogP contribution in [0.25, 0.3) is 11.0 Å². The molecular formula is C27H25F3N8O5. The Bertz CT molecular complexity index is 1720. The number of rotatable bonds is 9. The molecule has 1 saturated heterocycles. The van der Waals surface area contributed by atoms with Gasteiger partial charge in [0.2, 0.25) is 0 Å². The highest BCUT2D eigenvalue weighted by molar-refractivity contribution is 6.25. The number of H-pyrrole nitrogens is 1. The quantitative estimate of drug-likeness (QED) is 0.182. The van der Waals surface area contributed by atoms with Crippen LogP contribution < -0.4 is 25.7 Å². The molecule has 4 amide bonds. The molecule has 43 heavy (non-hydrogen) atoms. The topological polar surface area (TPSA) is 165 Å². The number of urea groups is 1. The fraction of sp³-hybridized carbons (Fsp3) is 0.222. The van der Waals surface area contributed by atoms with E-state index < -0.39 is 41.3 Å². The van der Waals surface area contributed by atoms with Crippen molar-refractivity contribution in [3.63, 3.8) is 0 Å². The molecular weight excluding hydrogens is 573 g/mol. The normalized spacial score (nSPS) is 16.0. The highest BCUT2D eigenvalue weighted by atomic mass is 19.2. The zero-order valence-electron chi connectivity index (χ0n) is 22.7. The molecule has 0 saturated carbocycles. The van der Waals surface area contributed by atoms with Gasteiger partial charge in [0.05, 0.1) is 12.3 Å². The van der Waals surface area contributed by atoms with Crippen molar-refractivity contribution in [2.45, 2.75) is 25.9 Å². The zero-order chi connectivity index (χ0) is 30.8. The number of hydrazine groups is 1. The number of aromatic amines is 1. The Kier molecular flexibility index (Phi) is 8.13. The summed E-state index contributed by atoms with van der Waals surface area (Å²) < 4.78 is 48.3. The molecule has 5 N–H and O–H groups in total. The van der Waals surface area contributed by atoms with Crippen LogP contribution in [0.4, 0.5) is 35.2 Å². The lowest BCUT2D eigenvalue weighted by molar-refractivity contribution is -0.130. The summed E-state index contributed by atoms with van der Waals surface area (Å²) in [5.74, 6) is -4.98. The van der Waals surface area contributed by atoms with Crippen LogP contribution in [0.1, 0.15) is 13.8 Å². The lowest BCUT2D eigenvalue weighted by atomic mass is 10.1. The Labute approximate surface area is 241 Å². The fourth-order valence-corrected chi connectivity index (χ4v) is 4.25. The molecule has 0 spiro atoms. The minimum Gasteiger partial charge on any atom is -0.453 e. The zero-order valence-corrected chi connectivity index (χ0v) is 22.7. The standard InChI is InChI=1S/C27H25F3N8O5/c1-3-37-27(42)38(15-5-6-16(28)17(29)11-15)26(41)22(36-37)25(40)33-14-4-7-19(18(30)10-14)43-20-8-9-31-23-21(20)24(35-34-23)32-13(2)12-39/h4-11,13,22,36,39H,3,12H2,1-2H3,(H,33,40)(H2,31,32,34,35)/t13-,22?/m0/s1. The third-order valence-electron chi connectivity index (χ3n) is 6.41. The Morgan fingerprint density at radius 3 is 2.58 bits per heavy atom. The van der Waals surface area contributed by atoms with Crippen LogP contribution in [0, 0.1) is 17.5 Å². The van der Waals surface area contributed by atoms with E-state index in [0.29, 0.717) is 27.8 Å². The van der Waals surface area contributed by atoms with E-state index in [1.807, 2.05) is 0 Å². The number of pyridine rings is 1. The number of nitrogens with one attached hydrogen (secondary N) is 4. The van der Waals surface area contributed by atoms with Crippen LogP contribution in [0.3, 0.4) is 0 Å². The van der Waals surface area contributed by atoms with Gasteiger partial charge in [-0.3, -0.25) is 19.7 Å². The molecule has 2 aromatic heterocycles. The number of halogens is 3. The van der Waals surface area contributed by atoms with Crippen molar-refractivity contribution in [2.24, 2.45) is 0 Å². The number of aromatic nitrogens is 3. The molecule has 5 rings (SSSR count). The van der Waals surface area contributed by atoms with Gasteiger partial charge in [-0.1, -0.05) is 0 Å². The van der Waals surface area contributed by atoms with E-state index in [-0.39, 0.29) is 42.1 Å². The molecule has 224 valence electrons. The largest absolute Gasteiger partial charge is 0.453 e. The number of carbonyl (C=O) groups excluding carboxylic acids is 3. The number of aliphatic hydroxyl groups excluding tert-OH is 1. The average molecular weight is 599 g/mol. The predicted octanol–water partition coefficient (Wildman–Crippen LogP) is 3.26. The highest BCUT2D eigenvalue weighted by Crippen LogP contribution is 2.34. The van der Waals surface area contributed by atoms with E-state index in [1.54, 1.807) is 13.8 Å². The number of aliphatic hydroxyl groups is 1. The second-order valence-electron chi connectivity index (χ2n) is 9.43. The third-order valence-corrected chi connectivity index (χ3v) is 6.41. The molecule has 4 aromatic rings. The molecule has 0 aliphatic carbocycles. The molecule has 3 heterocycles. The fourth-order valence-electron chi connectivity index (χ4n) is 4.25. The molecule has 1 aliphatic rings. The molecule has 0 radical (unpaired) electrons. The monoisotopic (exact) mass is 598 g/mol. The lowest BCUT2D eigenvalue weighted by Gasteiger charge is -2.37. The van der Waals surface area contributed by atoms with Gasteiger partial charge in [0.1, 0.15) is 11.1 Å². The summed E-state index contributed by atoms with van der Waals surface area (Å²) in [6.45, 7) is 3.16. The van der Waals surface area contributed by atoms with E-state index in [4.69, 9.17) is 4.74 Å². The van der Waals surface area contributed by atoms with Gasteiger partial charge < -0.3 is 20.5 Å². The minimum atomic E-state index is -1.66. The van der Waals surface area contributed by atoms with Gasteiger partial charge in [-0.15, -0.1) is 0 Å². The van der Waals surface area contributed by atoms with Crippen LogP contribution >= 0.6 is 0 Å². The Balaban J connectivity index is 1.35. The van der Waals surface area contributed by atoms with Crippen molar-refractivity contribution in [3.8, 4) is 11.5 Å². The SMILES string of the molecule is CCN1NC(C(=O)Nc2ccc(Oc3ccnc4[nH]nc(N[C@@H](C)CO)c34)c(F)c2)C(=O)N(c2ccc(F)c(F)c2)C1=O. The van der Waals surface area contributed by atoms with Crippen LogP contribution in [0.2, 0.25) is 0 Å². The number of benzene rings is 2. The smallest absolute Gasteiger partial charge is 0.345 e. The molecule has 0 bridgehead atoms. The third kappa shape index (κ3) is 5.77. The summed E-state index contributed by atoms with van der Waals surface area (Å²) >= 11 is 0. The maximum absolute atomic E-state index is 15.1. The number of hydrogen-bond acceptors (Lipinski definition) is 9. The molecule has 2 atom stereocenters. The Morgan fingerprint density at radius 1 is 1.09 bits per heavy atom. The van der Waals surface area contributed by atoms with Crippen molar-refractivity contribution in [3.05, 3.63) is 66.1 Å². The summed E-state index contributed by atoms with van der Waals surface area (Å²) in [6.07, 6.45) is 1.43. The summed E-state index contributed by atoms with van der Waals surface area (Å²) in [5.41, 5.74) is 2.55. The summed E-state index contributed by atoms with van der Waals surface area (Å²) in [4.78, 5) is 43.8. The second-order valence-corrected chi connectivity index (χ2v) is 9.43. The number of imide groups is 1. The summed E-state index contributed by atoms with van der Waals surface area (Å²) in [7, 11) is 0. The average Bonchev–Trinajstić information content (AvgIpc) is 3.39. The van der Waals surface area contributed by atoms with E-state index in [1.165, 1.54) is 24.4 Å². The molecule has 1 unspecified atom stereocenters. The molecule has 2 aromatic carbocycles. The lowest BCUT2D eigenvalue weighted by Crippen LogP contribution is -2.68. The highest BCUT2D eigenvalue weighted by Gasteiger charge is 2.43. The number of carbonyl (C=O) groups is 3. The van der Waals surface area contributed by atoms with Crippen molar-refractivity contribution >= 4 is 46.1 Å². The predicted molar refractivity (Wildman–Crippen MR) is 148 cm³/mol. The van der Waals surface area contributed by atoms with Crippen LogP contribution in [0.15, 0.2) is 48.7 Å². The summed E-state index contributed by atoms with van der Waals surface area (Å²) in [5, 5.41) is 23.0. The van der Waals surface area contributed by atoms with Gasteiger partial charge in [-0.25, -0.2) is 33.3 Å². The Hall–Kier alpha value is -5.22. The molecule has 16 heteroatoms. The minimum absolute atomic E-state index is 0.0197. The van der Waals surface area contributed by atoms with Crippen LogP contribution in [0.5, 0.6) is 11.5 Å². The first-order valence-electron chi connectivity index (χ1n) is 13.0. The van der Waals surface area contributed by atoms with Gasteiger partial charge in [-0.2, -0.15) is 5.10 Å². The van der Waals surface area contributed by atoms with Gasteiger partial charge in [0, 0.05) is 42.7 Å². The number of anilines is 3. The first kappa shape index (κ1) is 29.3. The summed E-state index contributed by atoms with van der Waals surface area (Å²) in [6, 6.07) is 4.61. The first-order valence-corrected chi connectivity index (χ1v) is 13.0. The number of amides is 4. The molecule has 1 aliphatic heterocycles. The van der Waals surface area contributed by atoms with E-state index in [2.05, 4.69) is 31.2 Å². The van der Waals surface area contributed by atoms with Gasteiger partial charge in [0.25, 0.3) is 11.8 Å². The van der Waals surface area contributed by atoms with Crippen LogP contribution in [-0.2, 0) is 9.59 Å². The van der Waals surface area contributed by atoms with Crippen molar-refractivity contribution in [1.29, 1.82) is 0 Å². The Morgan fingerprint density at radius 2 is 1.88 bits per heavy atom. The number of fused-ring (bicyclic) bond motifs is 1. The first-order chi connectivity index (χ1) is 20.6. The maximum Gasteiger partial charge on any atom is 0.345 e. The number of hydrogen-bond donors (Lipinski definition) is 5. The van der Waals surface area contributed by atoms with E-state index >= 15 is 4.39 Å². The maximum atomic E-state index is 15.1. The number of ether oxygens (including phenoxy) is 1. The molecule has 13 nitrogen and oxygen atoms in total. The van der Waals surface area contributed by atoms with Crippen molar-refractivity contribution in [1.82, 2.24) is 25.6 Å². The van der Waals surface area contributed by atoms with Gasteiger partial charge in [-0.05, 0) is 38.1 Å². The second kappa shape index (κ2) is 11.9. The van der Waals surface area contributed by atoms with Crippen LogP contribution in [-0.4, -0.2) is 68.4 Å². The van der Waals surface area contributed by atoms with Gasteiger partial charge in [0.15, 0.2) is 40.7 Å². The van der Waals surface area contributed by atoms with Gasteiger partial charge >= 0.3 is 6.03 Å².